The summed E-state index contributed by atoms with van der Waals surface area (Å²) in [4.78, 5) is 18.3. The van der Waals surface area contributed by atoms with Crippen LogP contribution >= 0.6 is 0 Å². The minimum atomic E-state index is -0.262. The van der Waals surface area contributed by atoms with Gasteiger partial charge in [-0.1, -0.05) is 6.07 Å². The Morgan fingerprint density at radius 1 is 1.38 bits per heavy atom. The second-order valence-corrected chi connectivity index (χ2v) is 5.52. The van der Waals surface area contributed by atoms with E-state index in [2.05, 4.69) is 15.0 Å². The Hall–Kier alpha value is -2.37. The number of amides is 1. The molecule has 1 fully saturated rings. The maximum Gasteiger partial charge on any atom is 0.223 e. The Labute approximate surface area is 123 Å². The van der Waals surface area contributed by atoms with E-state index in [9.17, 15) is 4.79 Å². The number of rotatable bonds is 3. The molecule has 2 N–H and O–H groups in total. The Balaban J connectivity index is 1.92. The van der Waals surface area contributed by atoms with Crippen molar-refractivity contribution in [3.63, 3.8) is 0 Å². The molecule has 0 radical (unpaired) electrons. The van der Waals surface area contributed by atoms with Crippen LogP contribution in [0.1, 0.15) is 17.2 Å². The Morgan fingerprint density at radius 2 is 2.19 bits per heavy atom. The highest BCUT2D eigenvalue weighted by atomic mass is 16.1. The van der Waals surface area contributed by atoms with E-state index in [1.165, 1.54) is 0 Å². The molecule has 21 heavy (non-hydrogen) atoms. The molecule has 6 heteroatoms. The van der Waals surface area contributed by atoms with Gasteiger partial charge in [0.05, 0.1) is 12.1 Å². The fraction of sp³-hybridized carbons (Fsp3) is 0.400. The zero-order chi connectivity index (χ0) is 15.0. The number of hydrogen-bond donors (Lipinski definition) is 1. The number of primary amides is 1. The van der Waals surface area contributed by atoms with E-state index in [0.717, 1.165) is 23.6 Å². The van der Waals surface area contributed by atoms with Gasteiger partial charge in [-0.3, -0.25) is 9.48 Å². The van der Waals surface area contributed by atoms with Crippen molar-refractivity contribution in [1.82, 2.24) is 14.8 Å². The number of aryl methyl sites for hydroxylation is 1. The van der Waals surface area contributed by atoms with Gasteiger partial charge in [-0.2, -0.15) is 5.10 Å². The van der Waals surface area contributed by atoms with Gasteiger partial charge in [0.15, 0.2) is 0 Å². The first-order chi connectivity index (χ1) is 10.1. The van der Waals surface area contributed by atoms with Crippen LogP contribution in [0.5, 0.6) is 0 Å². The fourth-order valence-corrected chi connectivity index (χ4v) is 3.01. The topological polar surface area (TPSA) is 77.0 Å². The van der Waals surface area contributed by atoms with Crippen LogP contribution < -0.4 is 10.6 Å². The summed E-state index contributed by atoms with van der Waals surface area (Å²) in [6.07, 6.45) is 3.61. The van der Waals surface area contributed by atoms with Crippen molar-refractivity contribution in [2.45, 2.75) is 12.8 Å². The van der Waals surface area contributed by atoms with Crippen LogP contribution in [0, 0.1) is 12.8 Å². The Kier molecular flexibility index (Phi) is 3.37. The smallest absolute Gasteiger partial charge is 0.223 e. The van der Waals surface area contributed by atoms with Crippen LogP contribution in [0.2, 0.25) is 0 Å². The van der Waals surface area contributed by atoms with Crippen LogP contribution in [0.4, 0.5) is 5.82 Å². The summed E-state index contributed by atoms with van der Waals surface area (Å²) in [6, 6.07) is 5.79. The number of hydrogen-bond acceptors (Lipinski definition) is 4. The number of aromatic nitrogens is 3. The third kappa shape index (κ3) is 2.37. The lowest BCUT2D eigenvalue weighted by molar-refractivity contribution is -0.121. The van der Waals surface area contributed by atoms with Gasteiger partial charge in [-0.05, 0) is 24.6 Å². The zero-order valence-electron chi connectivity index (χ0n) is 12.2. The summed E-state index contributed by atoms with van der Waals surface area (Å²) in [5.41, 5.74) is 7.78. The number of nitrogens with zero attached hydrogens (tertiary/aromatic N) is 4. The van der Waals surface area contributed by atoms with Crippen LogP contribution in [-0.4, -0.2) is 33.8 Å². The average molecular weight is 285 g/mol. The second kappa shape index (κ2) is 5.20. The largest absolute Gasteiger partial charge is 0.369 e. The lowest BCUT2D eigenvalue weighted by Crippen LogP contribution is -2.29. The molecule has 0 aromatic carbocycles. The summed E-state index contributed by atoms with van der Waals surface area (Å²) < 4.78 is 1.83. The number of carbonyl (C=O) groups excluding carboxylic acids is 1. The number of nitrogens with two attached hydrogens (primary N) is 1. The van der Waals surface area contributed by atoms with Gasteiger partial charge in [0, 0.05) is 37.9 Å². The molecule has 2 aromatic rings. The first-order valence-electron chi connectivity index (χ1n) is 7.01. The Bertz CT molecular complexity index is 651. The minimum Gasteiger partial charge on any atom is -0.369 e. The van der Waals surface area contributed by atoms with Gasteiger partial charge in [-0.25, -0.2) is 4.98 Å². The van der Waals surface area contributed by atoms with Crippen molar-refractivity contribution in [2.24, 2.45) is 18.7 Å². The highest BCUT2D eigenvalue weighted by Gasteiger charge is 2.39. The molecule has 3 rings (SSSR count). The lowest BCUT2D eigenvalue weighted by atomic mass is 9.89. The fourth-order valence-electron chi connectivity index (χ4n) is 3.01. The molecule has 1 aliphatic heterocycles. The molecule has 0 saturated carbocycles. The van der Waals surface area contributed by atoms with Crippen LogP contribution in [0.15, 0.2) is 30.6 Å². The van der Waals surface area contributed by atoms with Crippen molar-refractivity contribution in [3.8, 4) is 0 Å². The van der Waals surface area contributed by atoms with E-state index in [-0.39, 0.29) is 17.7 Å². The summed E-state index contributed by atoms with van der Waals surface area (Å²) in [7, 11) is 1.91. The molecule has 0 bridgehead atoms. The maximum absolute atomic E-state index is 11.8. The summed E-state index contributed by atoms with van der Waals surface area (Å²) in [5, 5.41) is 4.28. The van der Waals surface area contributed by atoms with E-state index in [4.69, 9.17) is 5.73 Å². The van der Waals surface area contributed by atoms with Crippen molar-refractivity contribution < 1.29 is 4.79 Å². The maximum atomic E-state index is 11.8. The normalized spacial score (nSPS) is 21.7. The molecule has 2 atom stereocenters. The quantitative estimate of drug-likeness (QED) is 0.906. The molecular formula is C15H19N5O. The number of pyridine rings is 1. The third-order valence-corrected chi connectivity index (χ3v) is 4.33. The van der Waals surface area contributed by atoms with E-state index >= 15 is 0 Å². The highest BCUT2D eigenvalue weighted by molar-refractivity contribution is 5.79. The predicted octanol–water partition coefficient (Wildman–Crippen LogP) is 0.829. The minimum absolute atomic E-state index is 0.0678. The van der Waals surface area contributed by atoms with Gasteiger partial charge in [-0.15, -0.1) is 0 Å². The number of carbonyl (C=O) groups is 1. The molecule has 1 aliphatic rings. The molecule has 1 saturated heterocycles. The molecule has 110 valence electrons. The van der Waals surface area contributed by atoms with Crippen LogP contribution in [0.3, 0.4) is 0 Å². The van der Waals surface area contributed by atoms with Crippen molar-refractivity contribution in [3.05, 3.63) is 41.9 Å². The van der Waals surface area contributed by atoms with Gasteiger partial charge in [0.25, 0.3) is 0 Å². The number of anilines is 1. The lowest BCUT2D eigenvalue weighted by Gasteiger charge is -2.16. The first-order valence-corrected chi connectivity index (χ1v) is 7.01. The molecular weight excluding hydrogens is 266 g/mol. The summed E-state index contributed by atoms with van der Waals surface area (Å²) in [6.45, 7) is 3.35. The van der Waals surface area contributed by atoms with E-state index in [0.29, 0.717) is 6.54 Å². The third-order valence-electron chi connectivity index (χ3n) is 4.33. The predicted molar refractivity (Wildman–Crippen MR) is 79.8 cm³/mol. The van der Waals surface area contributed by atoms with Crippen molar-refractivity contribution in [2.75, 3.05) is 18.0 Å². The molecule has 0 unspecified atom stereocenters. The molecule has 6 nitrogen and oxygen atoms in total. The molecule has 0 spiro atoms. The van der Waals surface area contributed by atoms with E-state index in [1.807, 2.05) is 43.0 Å². The van der Waals surface area contributed by atoms with Gasteiger partial charge >= 0.3 is 0 Å². The van der Waals surface area contributed by atoms with Crippen LogP contribution in [0.25, 0.3) is 0 Å². The molecule has 2 aromatic heterocycles. The van der Waals surface area contributed by atoms with E-state index < -0.39 is 0 Å². The average Bonchev–Trinajstić information content (AvgIpc) is 3.05. The van der Waals surface area contributed by atoms with Crippen molar-refractivity contribution in [1.29, 1.82) is 0 Å². The SMILES string of the molecule is Cc1c([C@H]2CN(c3ccccn3)C[C@@H]2C(N)=O)cnn1C. The zero-order valence-corrected chi connectivity index (χ0v) is 12.2. The summed E-state index contributed by atoms with van der Waals surface area (Å²) in [5.74, 6) is 0.475. The summed E-state index contributed by atoms with van der Waals surface area (Å²) >= 11 is 0. The standard InChI is InChI=1S/C15H19N5O/c1-10-11(7-18-19(10)2)12-8-20(9-13(12)15(16)21)14-5-3-4-6-17-14/h3-7,12-13H,8-9H2,1-2H3,(H2,16,21)/t12-,13+/m1/s1. The van der Waals surface area contributed by atoms with Gasteiger partial charge < -0.3 is 10.6 Å². The molecule has 1 amide bonds. The molecule has 0 aliphatic carbocycles. The monoisotopic (exact) mass is 285 g/mol. The van der Waals surface area contributed by atoms with Crippen LogP contribution in [-0.2, 0) is 11.8 Å². The van der Waals surface area contributed by atoms with Gasteiger partial charge in [0.2, 0.25) is 5.91 Å². The second-order valence-electron chi connectivity index (χ2n) is 5.52. The molecule has 3 heterocycles. The highest BCUT2D eigenvalue weighted by Crippen LogP contribution is 2.35. The van der Waals surface area contributed by atoms with Gasteiger partial charge in [0.1, 0.15) is 5.82 Å². The van der Waals surface area contributed by atoms with E-state index in [1.54, 1.807) is 6.20 Å². The van der Waals surface area contributed by atoms with Crippen molar-refractivity contribution >= 4 is 11.7 Å². The Morgan fingerprint density at radius 3 is 2.76 bits per heavy atom. The first kappa shape index (κ1) is 13.6.